The molecule has 0 aromatic carbocycles. The summed E-state index contributed by atoms with van der Waals surface area (Å²) < 4.78 is 10.5. The molecule has 1 fully saturated rings. The second-order valence-electron chi connectivity index (χ2n) is 5.24. The van der Waals surface area contributed by atoms with Gasteiger partial charge in [-0.2, -0.15) is 0 Å². The quantitative estimate of drug-likeness (QED) is 0.666. The van der Waals surface area contributed by atoms with Gasteiger partial charge in [0.2, 0.25) is 0 Å². The van der Waals surface area contributed by atoms with Gasteiger partial charge < -0.3 is 9.47 Å². The Kier molecular flexibility index (Phi) is 3.78. The van der Waals surface area contributed by atoms with Crippen LogP contribution in [0.25, 0.3) is 0 Å². The lowest BCUT2D eigenvalue weighted by atomic mass is 10.1. The molecule has 0 radical (unpaired) electrons. The van der Waals surface area contributed by atoms with E-state index in [4.69, 9.17) is 21.7 Å². The Morgan fingerprint density at radius 1 is 1.56 bits per heavy atom. The first-order valence-electron chi connectivity index (χ1n) is 5.41. The van der Waals surface area contributed by atoms with Crippen molar-refractivity contribution in [3.05, 3.63) is 0 Å². The maximum Gasteiger partial charge on any atom is 0.418 e. The van der Waals surface area contributed by atoms with E-state index in [-0.39, 0.29) is 17.1 Å². The van der Waals surface area contributed by atoms with E-state index in [1.54, 1.807) is 0 Å². The zero-order valence-electron chi connectivity index (χ0n) is 10.4. The van der Waals surface area contributed by atoms with Gasteiger partial charge in [-0.3, -0.25) is 0 Å². The van der Waals surface area contributed by atoms with Crippen molar-refractivity contribution in [1.29, 1.82) is 0 Å². The van der Waals surface area contributed by atoms with Crippen molar-refractivity contribution in [2.45, 2.75) is 46.3 Å². The zero-order chi connectivity index (χ0) is 12.5. The molecule has 0 aromatic heterocycles. The monoisotopic (exact) mass is 245 g/mol. The highest BCUT2D eigenvalue weighted by Gasteiger charge is 2.39. The van der Waals surface area contributed by atoms with E-state index in [0.29, 0.717) is 6.61 Å². The molecule has 0 N–H and O–H groups in total. The molecule has 0 saturated carbocycles. The second kappa shape index (κ2) is 4.57. The van der Waals surface area contributed by atoms with E-state index in [0.717, 1.165) is 0 Å². The molecule has 5 heteroatoms. The Balaban J connectivity index is 2.76. The molecule has 0 aromatic rings. The van der Waals surface area contributed by atoms with Crippen molar-refractivity contribution in [1.82, 2.24) is 4.90 Å². The zero-order valence-corrected chi connectivity index (χ0v) is 11.3. The van der Waals surface area contributed by atoms with Gasteiger partial charge in [0.05, 0.1) is 6.04 Å². The third kappa shape index (κ3) is 3.07. The summed E-state index contributed by atoms with van der Waals surface area (Å²) in [6.07, 6.45) is -0.423. The minimum Gasteiger partial charge on any atom is -0.468 e. The first-order valence-corrected chi connectivity index (χ1v) is 5.82. The van der Waals surface area contributed by atoms with Crippen molar-refractivity contribution < 1.29 is 14.3 Å². The number of hydrogen-bond acceptors (Lipinski definition) is 4. The SMILES string of the molecule is CC(C)[C@H]1COC(=S)N1C(=O)OC(C)(C)C. The molecule has 0 unspecified atom stereocenters. The van der Waals surface area contributed by atoms with Gasteiger partial charge >= 0.3 is 6.09 Å². The highest BCUT2D eigenvalue weighted by Crippen LogP contribution is 2.22. The number of amides is 1. The van der Waals surface area contributed by atoms with E-state index >= 15 is 0 Å². The van der Waals surface area contributed by atoms with Crippen LogP contribution in [-0.4, -0.2) is 34.4 Å². The Morgan fingerprint density at radius 3 is 2.56 bits per heavy atom. The summed E-state index contributed by atoms with van der Waals surface area (Å²) in [6, 6.07) is -0.0256. The molecule has 0 bridgehead atoms. The number of carbonyl (C=O) groups is 1. The molecular weight excluding hydrogens is 226 g/mol. The van der Waals surface area contributed by atoms with Crippen molar-refractivity contribution in [2.24, 2.45) is 5.92 Å². The molecule has 0 aliphatic carbocycles. The molecule has 4 nitrogen and oxygen atoms in total. The maximum atomic E-state index is 11.9. The fourth-order valence-corrected chi connectivity index (χ4v) is 1.73. The summed E-state index contributed by atoms with van der Waals surface area (Å²) in [7, 11) is 0. The molecule has 0 spiro atoms. The van der Waals surface area contributed by atoms with Gasteiger partial charge in [0.25, 0.3) is 5.17 Å². The standard InChI is InChI=1S/C11H19NO3S/c1-7(2)8-6-14-10(16)12(8)9(13)15-11(3,4)5/h7-8H,6H2,1-5H3/t8-/m1/s1. The lowest BCUT2D eigenvalue weighted by molar-refractivity contribution is 0.0313. The van der Waals surface area contributed by atoms with Gasteiger partial charge in [-0.05, 0) is 38.9 Å². The predicted molar refractivity (Wildman–Crippen MR) is 65.2 cm³/mol. The summed E-state index contributed by atoms with van der Waals surface area (Å²) in [5, 5.41) is 0.216. The van der Waals surface area contributed by atoms with Gasteiger partial charge in [0.15, 0.2) is 0 Å². The summed E-state index contributed by atoms with van der Waals surface area (Å²) in [5.74, 6) is 0.285. The minimum atomic E-state index is -0.517. The first-order chi connectivity index (χ1) is 7.22. The summed E-state index contributed by atoms with van der Waals surface area (Å²) in [5.41, 5.74) is -0.517. The first kappa shape index (κ1) is 13.2. The summed E-state index contributed by atoms with van der Waals surface area (Å²) in [4.78, 5) is 13.4. The van der Waals surface area contributed by atoms with Crippen LogP contribution in [0.15, 0.2) is 0 Å². The molecule has 1 atom stereocenters. The summed E-state index contributed by atoms with van der Waals surface area (Å²) >= 11 is 5.01. The van der Waals surface area contributed by atoms with Crippen molar-refractivity contribution in [2.75, 3.05) is 6.61 Å². The van der Waals surface area contributed by atoms with E-state index < -0.39 is 11.7 Å². The second-order valence-corrected chi connectivity index (χ2v) is 5.59. The Hall–Kier alpha value is -0.840. The van der Waals surface area contributed by atoms with Crippen molar-refractivity contribution in [3.8, 4) is 0 Å². The molecule has 1 amide bonds. The van der Waals surface area contributed by atoms with Crippen LogP contribution in [0.2, 0.25) is 0 Å². The number of nitrogens with zero attached hydrogens (tertiary/aromatic N) is 1. The molecule has 16 heavy (non-hydrogen) atoms. The molecule has 1 aliphatic heterocycles. The van der Waals surface area contributed by atoms with Crippen LogP contribution in [0.4, 0.5) is 4.79 Å². The van der Waals surface area contributed by atoms with Gasteiger partial charge in [-0.25, -0.2) is 9.69 Å². The molecule has 1 rings (SSSR count). The van der Waals surface area contributed by atoms with Crippen LogP contribution in [-0.2, 0) is 9.47 Å². The van der Waals surface area contributed by atoms with Crippen LogP contribution in [0.3, 0.4) is 0 Å². The van der Waals surface area contributed by atoms with E-state index in [9.17, 15) is 4.79 Å². The van der Waals surface area contributed by atoms with Crippen LogP contribution < -0.4 is 0 Å². The van der Waals surface area contributed by atoms with Gasteiger partial charge in [0, 0.05) is 0 Å². The largest absolute Gasteiger partial charge is 0.468 e. The highest BCUT2D eigenvalue weighted by molar-refractivity contribution is 7.80. The Labute approximate surface area is 102 Å². The number of ether oxygens (including phenoxy) is 2. The van der Waals surface area contributed by atoms with Gasteiger partial charge in [-0.1, -0.05) is 13.8 Å². The van der Waals surface area contributed by atoms with E-state index in [1.165, 1.54) is 4.90 Å². The number of carbonyl (C=O) groups excluding carboxylic acids is 1. The number of rotatable bonds is 1. The maximum absolute atomic E-state index is 11.9. The Bertz CT molecular complexity index is 296. The van der Waals surface area contributed by atoms with Gasteiger partial charge in [-0.15, -0.1) is 0 Å². The smallest absolute Gasteiger partial charge is 0.418 e. The minimum absolute atomic E-state index is 0.0256. The van der Waals surface area contributed by atoms with Crippen LogP contribution in [0, 0.1) is 5.92 Å². The average Bonchev–Trinajstić information content (AvgIpc) is 2.43. The fourth-order valence-electron chi connectivity index (χ4n) is 1.45. The van der Waals surface area contributed by atoms with Crippen LogP contribution in [0.5, 0.6) is 0 Å². The average molecular weight is 245 g/mol. The van der Waals surface area contributed by atoms with E-state index in [1.807, 2.05) is 34.6 Å². The fraction of sp³-hybridized carbons (Fsp3) is 0.818. The number of hydrogen-bond donors (Lipinski definition) is 0. The highest BCUT2D eigenvalue weighted by atomic mass is 32.1. The molecule has 1 aliphatic rings. The van der Waals surface area contributed by atoms with Crippen molar-refractivity contribution in [3.63, 3.8) is 0 Å². The lowest BCUT2D eigenvalue weighted by Gasteiger charge is -2.27. The van der Waals surface area contributed by atoms with Crippen molar-refractivity contribution >= 4 is 23.5 Å². The predicted octanol–water partition coefficient (Wildman–Crippen LogP) is 2.56. The number of thiocarbonyl (C=S) groups is 1. The molecule has 1 heterocycles. The summed E-state index contributed by atoms with van der Waals surface area (Å²) in [6.45, 7) is 9.99. The molecule has 92 valence electrons. The van der Waals surface area contributed by atoms with E-state index in [2.05, 4.69) is 0 Å². The van der Waals surface area contributed by atoms with Crippen LogP contribution >= 0.6 is 12.2 Å². The molecule has 1 saturated heterocycles. The normalized spacial score (nSPS) is 21.2. The van der Waals surface area contributed by atoms with Gasteiger partial charge in [0.1, 0.15) is 12.2 Å². The van der Waals surface area contributed by atoms with Crippen LogP contribution in [0.1, 0.15) is 34.6 Å². The third-order valence-corrected chi connectivity index (χ3v) is 2.58. The third-order valence-electron chi connectivity index (χ3n) is 2.27. The molecular formula is C11H19NO3S. The topological polar surface area (TPSA) is 38.8 Å². The lowest BCUT2D eigenvalue weighted by Crippen LogP contribution is -2.44. The Morgan fingerprint density at radius 2 is 2.12 bits per heavy atom.